The van der Waals surface area contributed by atoms with Gasteiger partial charge >= 0.3 is 0 Å². The Kier molecular flexibility index (Phi) is 8.77. The molecule has 1 aliphatic rings. The number of rotatable bonds is 10. The second-order valence-electron chi connectivity index (χ2n) is 7.16. The maximum Gasteiger partial charge on any atom is 0.220 e. The SMILES string of the molecule is CN(C)CCCOc1ccc(CNC(=O)CCC2CCNCC2)cc1. The van der Waals surface area contributed by atoms with Gasteiger partial charge in [0.2, 0.25) is 5.91 Å². The van der Waals surface area contributed by atoms with Crippen LogP contribution in [0.5, 0.6) is 5.75 Å². The lowest BCUT2D eigenvalue weighted by molar-refractivity contribution is -0.121. The van der Waals surface area contributed by atoms with Gasteiger partial charge in [-0.05, 0) is 76.5 Å². The van der Waals surface area contributed by atoms with Crippen molar-refractivity contribution >= 4 is 5.91 Å². The van der Waals surface area contributed by atoms with Crippen molar-refractivity contribution in [2.75, 3.05) is 40.3 Å². The van der Waals surface area contributed by atoms with Crippen LogP contribution in [-0.4, -0.2) is 51.1 Å². The van der Waals surface area contributed by atoms with Crippen molar-refractivity contribution in [3.8, 4) is 5.75 Å². The molecule has 0 spiro atoms. The molecule has 2 N–H and O–H groups in total. The summed E-state index contributed by atoms with van der Waals surface area (Å²) in [4.78, 5) is 14.2. The van der Waals surface area contributed by atoms with E-state index in [1.54, 1.807) is 0 Å². The number of amides is 1. The normalized spacial score (nSPS) is 15.3. The smallest absolute Gasteiger partial charge is 0.220 e. The third-order valence-electron chi connectivity index (χ3n) is 4.67. The summed E-state index contributed by atoms with van der Waals surface area (Å²) in [5.41, 5.74) is 1.11. The lowest BCUT2D eigenvalue weighted by Crippen LogP contribution is -2.29. The predicted molar refractivity (Wildman–Crippen MR) is 102 cm³/mol. The van der Waals surface area contributed by atoms with E-state index in [4.69, 9.17) is 4.74 Å². The van der Waals surface area contributed by atoms with Gasteiger partial charge in [-0.1, -0.05) is 12.1 Å². The Labute approximate surface area is 152 Å². The van der Waals surface area contributed by atoms with Gasteiger partial charge in [0.1, 0.15) is 5.75 Å². The van der Waals surface area contributed by atoms with E-state index in [0.29, 0.717) is 18.9 Å². The highest BCUT2D eigenvalue weighted by Crippen LogP contribution is 2.17. The number of hydrogen-bond acceptors (Lipinski definition) is 4. The van der Waals surface area contributed by atoms with E-state index in [2.05, 4.69) is 29.6 Å². The van der Waals surface area contributed by atoms with Crippen LogP contribution in [0.2, 0.25) is 0 Å². The molecule has 140 valence electrons. The number of nitrogens with one attached hydrogen (secondary N) is 2. The van der Waals surface area contributed by atoms with E-state index in [1.807, 2.05) is 24.3 Å². The van der Waals surface area contributed by atoms with Gasteiger partial charge in [0.15, 0.2) is 0 Å². The molecule has 0 aromatic heterocycles. The van der Waals surface area contributed by atoms with E-state index >= 15 is 0 Å². The maximum atomic E-state index is 12.0. The summed E-state index contributed by atoms with van der Waals surface area (Å²) in [5.74, 6) is 1.75. The molecule has 0 saturated carbocycles. The lowest BCUT2D eigenvalue weighted by atomic mass is 9.93. The van der Waals surface area contributed by atoms with Crippen LogP contribution in [0.25, 0.3) is 0 Å². The van der Waals surface area contributed by atoms with Gasteiger partial charge in [0, 0.05) is 19.5 Å². The van der Waals surface area contributed by atoms with Crippen molar-refractivity contribution in [3.63, 3.8) is 0 Å². The van der Waals surface area contributed by atoms with Crippen LogP contribution in [0, 0.1) is 5.92 Å². The number of benzene rings is 1. The zero-order valence-corrected chi connectivity index (χ0v) is 15.7. The van der Waals surface area contributed by atoms with Crippen molar-refractivity contribution in [1.82, 2.24) is 15.5 Å². The van der Waals surface area contributed by atoms with E-state index in [1.165, 1.54) is 12.8 Å². The minimum atomic E-state index is 0.155. The Bertz CT molecular complexity index is 496. The van der Waals surface area contributed by atoms with Gasteiger partial charge in [-0.2, -0.15) is 0 Å². The molecule has 2 rings (SSSR count). The maximum absolute atomic E-state index is 12.0. The fourth-order valence-corrected chi connectivity index (χ4v) is 3.07. The van der Waals surface area contributed by atoms with Gasteiger partial charge in [0.25, 0.3) is 0 Å². The lowest BCUT2D eigenvalue weighted by Gasteiger charge is -2.22. The highest BCUT2D eigenvalue weighted by molar-refractivity contribution is 5.75. The highest BCUT2D eigenvalue weighted by atomic mass is 16.5. The van der Waals surface area contributed by atoms with Gasteiger partial charge in [-0.3, -0.25) is 4.79 Å². The summed E-state index contributed by atoms with van der Waals surface area (Å²) in [7, 11) is 4.13. The molecule has 5 nitrogen and oxygen atoms in total. The second-order valence-corrected chi connectivity index (χ2v) is 7.16. The molecule has 0 bridgehead atoms. The summed E-state index contributed by atoms with van der Waals surface area (Å²) in [6.45, 7) is 4.53. The topological polar surface area (TPSA) is 53.6 Å². The van der Waals surface area contributed by atoms with Gasteiger partial charge in [0.05, 0.1) is 6.61 Å². The van der Waals surface area contributed by atoms with E-state index < -0.39 is 0 Å². The van der Waals surface area contributed by atoms with Crippen LogP contribution < -0.4 is 15.4 Å². The molecule has 1 fully saturated rings. The molecular formula is C20H33N3O2. The van der Waals surface area contributed by atoms with Crippen LogP contribution >= 0.6 is 0 Å². The first-order valence-electron chi connectivity index (χ1n) is 9.47. The fourth-order valence-electron chi connectivity index (χ4n) is 3.07. The van der Waals surface area contributed by atoms with Crippen molar-refractivity contribution in [3.05, 3.63) is 29.8 Å². The summed E-state index contributed by atoms with van der Waals surface area (Å²) in [6, 6.07) is 8.00. The van der Waals surface area contributed by atoms with E-state index in [9.17, 15) is 4.79 Å². The van der Waals surface area contributed by atoms with Crippen molar-refractivity contribution in [2.45, 2.75) is 38.6 Å². The number of carbonyl (C=O) groups excluding carboxylic acids is 1. The number of carbonyl (C=O) groups is 1. The molecule has 1 aromatic rings. The number of nitrogens with zero attached hydrogens (tertiary/aromatic N) is 1. The van der Waals surface area contributed by atoms with Crippen LogP contribution in [0.3, 0.4) is 0 Å². The molecular weight excluding hydrogens is 314 g/mol. The summed E-state index contributed by atoms with van der Waals surface area (Å²) in [5, 5.41) is 6.38. The summed E-state index contributed by atoms with van der Waals surface area (Å²) >= 11 is 0. The van der Waals surface area contributed by atoms with Gasteiger partial charge in [-0.15, -0.1) is 0 Å². The molecule has 0 atom stereocenters. The number of ether oxygens (including phenoxy) is 1. The Morgan fingerprint density at radius 3 is 2.64 bits per heavy atom. The number of piperidine rings is 1. The first kappa shape index (κ1) is 19.7. The third-order valence-corrected chi connectivity index (χ3v) is 4.67. The Morgan fingerprint density at radius 2 is 1.96 bits per heavy atom. The average molecular weight is 348 g/mol. The molecule has 1 amide bonds. The zero-order chi connectivity index (χ0) is 17.9. The molecule has 1 aliphatic heterocycles. The summed E-state index contributed by atoms with van der Waals surface area (Å²) in [6.07, 6.45) is 5.05. The number of hydrogen-bond donors (Lipinski definition) is 2. The molecule has 1 saturated heterocycles. The molecule has 1 aromatic carbocycles. The highest BCUT2D eigenvalue weighted by Gasteiger charge is 2.14. The van der Waals surface area contributed by atoms with Crippen LogP contribution in [0.4, 0.5) is 0 Å². The van der Waals surface area contributed by atoms with E-state index in [-0.39, 0.29) is 5.91 Å². The minimum Gasteiger partial charge on any atom is -0.494 e. The predicted octanol–water partition coefficient (Wildman–Crippen LogP) is 2.41. The molecule has 0 unspecified atom stereocenters. The first-order chi connectivity index (χ1) is 12.1. The monoisotopic (exact) mass is 347 g/mol. The van der Waals surface area contributed by atoms with Crippen LogP contribution in [0.15, 0.2) is 24.3 Å². The standard InChI is InChI=1S/C20H33N3O2/c1-23(2)14-3-15-25-19-7-4-18(5-8-19)16-22-20(24)9-6-17-10-12-21-13-11-17/h4-5,7-8,17,21H,3,6,9-16H2,1-2H3,(H,22,24). The Balaban J connectivity index is 1.60. The van der Waals surface area contributed by atoms with Crippen molar-refractivity contribution < 1.29 is 9.53 Å². The zero-order valence-electron chi connectivity index (χ0n) is 15.7. The van der Waals surface area contributed by atoms with Crippen LogP contribution in [0.1, 0.15) is 37.7 Å². The molecule has 25 heavy (non-hydrogen) atoms. The quantitative estimate of drug-likeness (QED) is 0.638. The fraction of sp³-hybridized carbons (Fsp3) is 0.650. The average Bonchev–Trinajstić information content (AvgIpc) is 2.63. The minimum absolute atomic E-state index is 0.155. The van der Waals surface area contributed by atoms with Crippen molar-refractivity contribution in [2.24, 2.45) is 5.92 Å². The molecule has 5 heteroatoms. The molecule has 1 heterocycles. The summed E-state index contributed by atoms with van der Waals surface area (Å²) < 4.78 is 5.72. The second kappa shape index (κ2) is 11.1. The van der Waals surface area contributed by atoms with Gasteiger partial charge in [-0.25, -0.2) is 0 Å². The first-order valence-corrected chi connectivity index (χ1v) is 9.47. The largest absolute Gasteiger partial charge is 0.494 e. The van der Waals surface area contributed by atoms with Crippen LogP contribution in [-0.2, 0) is 11.3 Å². The van der Waals surface area contributed by atoms with Gasteiger partial charge < -0.3 is 20.3 Å². The molecule has 0 aliphatic carbocycles. The molecule has 0 radical (unpaired) electrons. The third kappa shape index (κ3) is 8.36. The Morgan fingerprint density at radius 1 is 1.24 bits per heavy atom. The van der Waals surface area contributed by atoms with E-state index in [0.717, 1.165) is 50.4 Å². The Hall–Kier alpha value is -1.59. The van der Waals surface area contributed by atoms with Crippen molar-refractivity contribution in [1.29, 1.82) is 0 Å².